The largest absolute Gasteiger partial charge is 0.481 e. The molecular weight excluding hydrogens is 370 g/mol. The molecule has 1 amide bonds. The van der Waals surface area contributed by atoms with Crippen molar-refractivity contribution in [1.29, 1.82) is 0 Å². The number of nitrogens with one attached hydrogen (secondary N) is 2. The summed E-state index contributed by atoms with van der Waals surface area (Å²) in [7, 11) is 1.45. The zero-order valence-electron chi connectivity index (χ0n) is 14.7. The van der Waals surface area contributed by atoms with E-state index in [9.17, 15) is 22.4 Å². The van der Waals surface area contributed by atoms with Gasteiger partial charge < -0.3 is 15.4 Å². The number of ether oxygens (including phenoxy) is 1. The lowest BCUT2D eigenvalue weighted by atomic mass is 10.0. The molecule has 0 atom stereocenters. The second kappa shape index (κ2) is 7.72. The molecule has 0 saturated carbocycles. The van der Waals surface area contributed by atoms with Gasteiger partial charge in [-0.25, -0.2) is 19.3 Å². The van der Waals surface area contributed by atoms with Gasteiger partial charge in [-0.1, -0.05) is 0 Å². The topological polar surface area (TPSA) is 89.0 Å². The van der Waals surface area contributed by atoms with Crippen molar-refractivity contribution < 1.29 is 27.1 Å². The molecule has 0 aliphatic carbocycles. The molecule has 0 aliphatic heterocycles. The number of hydrogen-bond donors (Lipinski definition) is 2. The molecule has 0 aliphatic rings. The highest BCUT2D eigenvalue weighted by atomic mass is 19.4. The Morgan fingerprint density at radius 3 is 2.44 bits per heavy atom. The first-order valence-electron chi connectivity index (χ1n) is 7.68. The molecule has 146 valence electrons. The van der Waals surface area contributed by atoms with E-state index in [-0.39, 0.29) is 11.6 Å². The summed E-state index contributed by atoms with van der Waals surface area (Å²) in [4.78, 5) is 23.8. The molecule has 2 N–H and O–H groups in total. The molecule has 2 aromatic rings. The van der Waals surface area contributed by atoms with E-state index in [2.05, 4.69) is 20.3 Å². The molecule has 0 fully saturated rings. The summed E-state index contributed by atoms with van der Waals surface area (Å²) in [6.45, 7) is 1.11. The fourth-order valence-electron chi connectivity index (χ4n) is 1.98. The summed E-state index contributed by atoms with van der Waals surface area (Å²) in [5.41, 5.74) is -1.10. The molecule has 27 heavy (non-hydrogen) atoms. The van der Waals surface area contributed by atoms with Crippen LogP contribution < -0.4 is 15.4 Å². The van der Waals surface area contributed by atoms with E-state index < -0.39 is 30.0 Å². The van der Waals surface area contributed by atoms with Crippen molar-refractivity contribution in [2.45, 2.75) is 25.6 Å². The summed E-state index contributed by atoms with van der Waals surface area (Å²) in [6.07, 6.45) is -2.25. The smallest absolute Gasteiger partial charge is 0.405 e. The second-order valence-electron chi connectivity index (χ2n) is 6.03. The zero-order chi connectivity index (χ0) is 20.2. The van der Waals surface area contributed by atoms with Gasteiger partial charge in [-0.3, -0.25) is 4.79 Å². The van der Waals surface area contributed by atoms with Gasteiger partial charge in [0.05, 0.1) is 13.3 Å². The summed E-state index contributed by atoms with van der Waals surface area (Å²) in [5, 5.41) is 4.25. The number of anilines is 1. The van der Waals surface area contributed by atoms with Crippen LogP contribution in [0.4, 0.5) is 23.4 Å². The van der Waals surface area contributed by atoms with Crippen LogP contribution in [0.1, 0.15) is 13.8 Å². The van der Waals surface area contributed by atoms with Crippen LogP contribution in [0.25, 0.3) is 11.4 Å². The van der Waals surface area contributed by atoms with E-state index in [1.807, 2.05) is 0 Å². The van der Waals surface area contributed by atoms with Crippen LogP contribution in [0.15, 0.2) is 24.5 Å². The molecule has 0 bridgehead atoms. The highest BCUT2D eigenvalue weighted by Gasteiger charge is 2.33. The molecule has 2 rings (SSSR count). The third-order valence-electron chi connectivity index (χ3n) is 3.40. The van der Waals surface area contributed by atoms with Gasteiger partial charge in [0.2, 0.25) is 11.8 Å². The molecule has 0 aromatic carbocycles. The van der Waals surface area contributed by atoms with Crippen LogP contribution >= 0.6 is 0 Å². The van der Waals surface area contributed by atoms with Gasteiger partial charge in [0.15, 0.2) is 17.5 Å². The maximum atomic E-state index is 14.0. The lowest BCUT2D eigenvalue weighted by Crippen LogP contribution is -2.50. The van der Waals surface area contributed by atoms with Gasteiger partial charge in [0.25, 0.3) is 0 Å². The Bertz CT molecular complexity index is 809. The van der Waals surface area contributed by atoms with Gasteiger partial charge >= 0.3 is 6.18 Å². The first-order valence-corrected chi connectivity index (χ1v) is 7.68. The number of carbonyl (C=O) groups is 1. The molecule has 7 nitrogen and oxygen atoms in total. The summed E-state index contributed by atoms with van der Waals surface area (Å²) in [6, 6.07) is 3.16. The Labute approximate surface area is 152 Å². The maximum absolute atomic E-state index is 14.0. The average Bonchev–Trinajstić information content (AvgIpc) is 2.60. The van der Waals surface area contributed by atoms with Crippen molar-refractivity contribution in [2.24, 2.45) is 0 Å². The lowest BCUT2D eigenvalue weighted by molar-refractivity contribution is -0.140. The number of hydrogen-bond acceptors (Lipinski definition) is 6. The minimum atomic E-state index is -4.56. The molecule has 0 radical (unpaired) electrons. The normalized spacial score (nSPS) is 11.8. The number of rotatable bonds is 6. The van der Waals surface area contributed by atoms with Gasteiger partial charge in [-0.05, 0) is 19.9 Å². The van der Waals surface area contributed by atoms with Crippen LogP contribution in [0.5, 0.6) is 5.88 Å². The molecule has 0 spiro atoms. The van der Waals surface area contributed by atoms with Crippen molar-refractivity contribution in [2.75, 3.05) is 19.0 Å². The van der Waals surface area contributed by atoms with Gasteiger partial charge in [-0.2, -0.15) is 13.2 Å². The predicted molar refractivity (Wildman–Crippen MR) is 88.5 cm³/mol. The van der Waals surface area contributed by atoms with Crippen molar-refractivity contribution in [3.05, 3.63) is 30.3 Å². The first-order chi connectivity index (χ1) is 12.5. The van der Waals surface area contributed by atoms with Gasteiger partial charge in [0, 0.05) is 17.8 Å². The van der Waals surface area contributed by atoms with Crippen molar-refractivity contribution in [1.82, 2.24) is 20.3 Å². The Kier molecular flexibility index (Phi) is 5.82. The summed E-state index contributed by atoms with van der Waals surface area (Å²) < 4.78 is 55.8. The van der Waals surface area contributed by atoms with Gasteiger partial charge in [0.1, 0.15) is 12.1 Å². The van der Waals surface area contributed by atoms with Crippen molar-refractivity contribution in [3.8, 4) is 17.3 Å². The van der Waals surface area contributed by atoms with Crippen molar-refractivity contribution in [3.63, 3.8) is 0 Å². The van der Waals surface area contributed by atoms with Crippen LogP contribution in [-0.4, -0.2) is 46.2 Å². The number of pyridine rings is 1. The first kappa shape index (κ1) is 20.3. The molecule has 2 heterocycles. The maximum Gasteiger partial charge on any atom is 0.405 e. The molecule has 0 unspecified atom stereocenters. The minimum Gasteiger partial charge on any atom is -0.481 e. The lowest BCUT2D eigenvalue weighted by Gasteiger charge is -2.26. The van der Waals surface area contributed by atoms with E-state index in [0.717, 1.165) is 6.20 Å². The molecule has 2 aromatic heterocycles. The summed E-state index contributed by atoms with van der Waals surface area (Å²) in [5.74, 6) is -1.69. The number of alkyl halides is 3. The molecule has 0 saturated heterocycles. The number of nitrogens with zero attached hydrogens (tertiary/aromatic N) is 3. The Morgan fingerprint density at radius 2 is 1.89 bits per heavy atom. The fourth-order valence-corrected chi connectivity index (χ4v) is 1.98. The number of halogens is 4. The second-order valence-corrected chi connectivity index (χ2v) is 6.03. The third kappa shape index (κ3) is 5.50. The number of methoxy groups -OCH3 is 1. The zero-order valence-corrected chi connectivity index (χ0v) is 14.7. The Morgan fingerprint density at radius 1 is 1.19 bits per heavy atom. The quantitative estimate of drug-likeness (QED) is 0.741. The van der Waals surface area contributed by atoms with Crippen LogP contribution in [0.3, 0.4) is 0 Å². The number of aromatic nitrogens is 3. The highest BCUT2D eigenvalue weighted by molar-refractivity contribution is 5.88. The average molecular weight is 387 g/mol. The Balaban J connectivity index is 2.20. The van der Waals surface area contributed by atoms with Crippen LogP contribution in [-0.2, 0) is 4.79 Å². The van der Waals surface area contributed by atoms with Crippen LogP contribution in [0, 0.1) is 5.82 Å². The fraction of sp³-hybridized carbons (Fsp3) is 0.375. The van der Waals surface area contributed by atoms with E-state index in [1.165, 1.54) is 27.2 Å². The number of carbonyl (C=O) groups excluding carboxylic acids is 1. The SMILES string of the molecule is COc1ccc(-c2ncc(F)c(NC(C)(C)C(=O)NCC(F)(F)F)n2)cn1. The monoisotopic (exact) mass is 387 g/mol. The highest BCUT2D eigenvalue weighted by Crippen LogP contribution is 2.22. The van der Waals surface area contributed by atoms with E-state index in [1.54, 1.807) is 17.4 Å². The van der Waals surface area contributed by atoms with Gasteiger partial charge in [-0.15, -0.1) is 0 Å². The molecule has 11 heteroatoms. The standard InChI is InChI=1S/C16H17F4N5O2/c1-15(2,14(26)23-8-16(18,19)20)25-13-10(17)7-22-12(24-13)9-4-5-11(27-3)21-6-9/h4-7H,8H2,1-3H3,(H,23,26)(H,22,24,25). The minimum absolute atomic E-state index is 0.112. The van der Waals surface area contributed by atoms with Crippen LogP contribution in [0.2, 0.25) is 0 Å². The van der Waals surface area contributed by atoms with E-state index in [4.69, 9.17) is 4.74 Å². The van der Waals surface area contributed by atoms with Crippen molar-refractivity contribution >= 4 is 11.7 Å². The Hall–Kier alpha value is -2.98. The molecular formula is C16H17F4N5O2. The predicted octanol–water partition coefficient (Wildman–Crippen LogP) is 2.56. The van der Waals surface area contributed by atoms with E-state index >= 15 is 0 Å². The third-order valence-corrected chi connectivity index (χ3v) is 3.40. The summed E-state index contributed by atoms with van der Waals surface area (Å²) >= 11 is 0. The number of amides is 1. The van der Waals surface area contributed by atoms with E-state index in [0.29, 0.717) is 11.4 Å².